The number of amides is 1. The first-order chi connectivity index (χ1) is 11.1. The minimum atomic E-state index is -0.460. The van der Waals surface area contributed by atoms with Crippen LogP contribution in [0.25, 0.3) is 6.08 Å². The molecular formula is C18H19ClN2O2. The lowest BCUT2D eigenvalue weighted by atomic mass is 10.1. The van der Waals surface area contributed by atoms with Gasteiger partial charge >= 0.3 is 6.09 Å². The van der Waals surface area contributed by atoms with Crippen LogP contribution in [0.4, 0.5) is 10.5 Å². The van der Waals surface area contributed by atoms with Gasteiger partial charge in [0.15, 0.2) is 0 Å². The zero-order chi connectivity index (χ0) is 16.7. The van der Waals surface area contributed by atoms with Gasteiger partial charge < -0.3 is 15.8 Å². The first-order valence-corrected chi connectivity index (χ1v) is 7.61. The lowest BCUT2D eigenvalue weighted by Gasteiger charge is -2.06. The van der Waals surface area contributed by atoms with Gasteiger partial charge in [-0.25, -0.2) is 4.79 Å². The smallest absolute Gasteiger partial charge is 0.407 e. The molecule has 0 saturated carbocycles. The Morgan fingerprint density at radius 1 is 1.30 bits per heavy atom. The standard InChI is InChI=1S/C18H19ClN2O2/c1-13-10-15(16(19)11-17(13)20)8-5-9-21-18(22)23-12-14-6-3-2-4-7-14/h2-8,10-11H,9,12,20H2,1H3,(H,21,22). The number of benzene rings is 2. The molecule has 120 valence electrons. The second kappa shape index (κ2) is 8.25. The summed E-state index contributed by atoms with van der Waals surface area (Å²) in [6.45, 7) is 2.52. The summed E-state index contributed by atoms with van der Waals surface area (Å²) in [6.07, 6.45) is 3.19. The third kappa shape index (κ3) is 5.34. The number of carbonyl (C=O) groups is 1. The molecule has 1 amide bonds. The van der Waals surface area contributed by atoms with Gasteiger partial charge in [0, 0.05) is 17.3 Å². The van der Waals surface area contributed by atoms with Crippen LogP contribution < -0.4 is 11.1 Å². The summed E-state index contributed by atoms with van der Waals surface area (Å²) >= 11 is 6.12. The summed E-state index contributed by atoms with van der Waals surface area (Å²) in [5.41, 5.74) is 9.21. The van der Waals surface area contributed by atoms with E-state index < -0.39 is 6.09 Å². The SMILES string of the molecule is Cc1cc(C=CCNC(=O)OCc2ccccc2)c(Cl)cc1N. The molecule has 3 N–H and O–H groups in total. The molecule has 0 aliphatic rings. The third-order valence-electron chi connectivity index (χ3n) is 3.26. The van der Waals surface area contributed by atoms with E-state index in [1.807, 2.05) is 49.4 Å². The van der Waals surface area contributed by atoms with Crippen LogP contribution in [0.1, 0.15) is 16.7 Å². The minimum absolute atomic E-state index is 0.249. The van der Waals surface area contributed by atoms with E-state index >= 15 is 0 Å². The van der Waals surface area contributed by atoms with Crippen LogP contribution in [-0.2, 0) is 11.3 Å². The van der Waals surface area contributed by atoms with Crippen molar-refractivity contribution in [2.75, 3.05) is 12.3 Å². The molecule has 0 heterocycles. The molecule has 0 radical (unpaired) electrons. The van der Waals surface area contributed by atoms with Crippen LogP contribution in [0.3, 0.4) is 0 Å². The largest absolute Gasteiger partial charge is 0.445 e. The zero-order valence-corrected chi connectivity index (χ0v) is 13.6. The van der Waals surface area contributed by atoms with Gasteiger partial charge in [-0.1, -0.05) is 54.1 Å². The number of rotatable bonds is 5. The van der Waals surface area contributed by atoms with Gasteiger partial charge in [0.1, 0.15) is 6.61 Å². The number of nitrogen functional groups attached to an aromatic ring is 1. The number of carbonyl (C=O) groups excluding carboxylic acids is 1. The van der Waals surface area contributed by atoms with Crippen LogP contribution in [0.5, 0.6) is 0 Å². The van der Waals surface area contributed by atoms with Gasteiger partial charge in [-0.05, 0) is 35.7 Å². The van der Waals surface area contributed by atoms with Crippen molar-refractivity contribution in [2.45, 2.75) is 13.5 Å². The van der Waals surface area contributed by atoms with Gasteiger partial charge in [-0.15, -0.1) is 0 Å². The second-order valence-corrected chi connectivity index (χ2v) is 5.48. The van der Waals surface area contributed by atoms with E-state index in [-0.39, 0.29) is 6.61 Å². The van der Waals surface area contributed by atoms with E-state index in [4.69, 9.17) is 22.1 Å². The van der Waals surface area contributed by atoms with Crippen molar-refractivity contribution in [3.05, 3.63) is 70.3 Å². The highest BCUT2D eigenvalue weighted by Crippen LogP contribution is 2.23. The molecule has 0 bridgehead atoms. The average Bonchev–Trinajstić information content (AvgIpc) is 2.55. The van der Waals surface area contributed by atoms with Crippen molar-refractivity contribution >= 4 is 29.5 Å². The first kappa shape index (κ1) is 16.9. The summed E-state index contributed by atoms with van der Waals surface area (Å²) in [5, 5.41) is 3.23. The van der Waals surface area contributed by atoms with E-state index in [2.05, 4.69) is 5.32 Å². The highest BCUT2D eigenvalue weighted by Gasteiger charge is 2.02. The molecule has 0 spiro atoms. The molecule has 2 rings (SSSR count). The van der Waals surface area contributed by atoms with Crippen LogP contribution in [-0.4, -0.2) is 12.6 Å². The van der Waals surface area contributed by atoms with Crippen molar-refractivity contribution in [3.8, 4) is 0 Å². The number of ether oxygens (including phenoxy) is 1. The number of hydrogen-bond donors (Lipinski definition) is 2. The Kier molecular flexibility index (Phi) is 6.06. The van der Waals surface area contributed by atoms with Crippen molar-refractivity contribution in [3.63, 3.8) is 0 Å². The fourth-order valence-electron chi connectivity index (χ4n) is 1.95. The van der Waals surface area contributed by atoms with Gasteiger partial charge in [0.2, 0.25) is 0 Å². The van der Waals surface area contributed by atoms with E-state index in [1.165, 1.54) is 0 Å². The molecule has 23 heavy (non-hydrogen) atoms. The molecule has 2 aromatic carbocycles. The Balaban J connectivity index is 1.78. The Hall–Kier alpha value is -2.46. The Morgan fingerprint density at radius 3 is 2.78 bits per heavy atom. The Labute approximate surface area is 140 Å². The number of alkyl carbamates (subject to hydrolysis) is 1. The number of halogens is 1. The molecule has 0 aliphatic carbocycles. The quantitative estimate of drug-likeness (QED) is 0.809. The molecule has 0 aliphatic heterocycles. The molecule has 0 unspecified atom stereocenters. The zero-order valence-electron chi connectivity index (χ0n) is 12.9. The van der Waals surface area contributed by atoms with Crippen molar-refractivity contribution < 1.29 is 9.53 Å². The number of aryl methyl sites for hydroxylation is 1. The van der Waals surface area contributed by atoms with Gasteiger partial charge in [0.05, 0.1) is 0 Å². The summed E-state index contributed by atoms with van der Waals surface area (Å²) < 4.78 is 5.11. The third-order valence-corrected chi connectivity index (χ3v) is 3.59. The maximum absolute atomic E-state index is 11.6. The predicted molar refractivity (Wildman–Crippen MR) is 94.3 cm³/mol. The number of anilines is 1. The van der Waals surface area contributed by atoms with Crippen LogP contribution >= 0.6 is 11.6 Å². The minimum Gasteiger partial charge on any atom is -0.445 e. The fraction of sp³-hybridized carbons (Fsp3) is 0.167. The van der Waals surface area contributed by atoms with Crippen LogP contribution in [0.2, 0.25) is 5.02 Å². The summed E-state index contributed by atoms with van der Waals surface area (Å²) in [5.74, 6) is 0. The number of nitrogens with two attached hydrogens (primary N) is 1. The molecule has 5 heteroatoms. The van der Waals surface area contributed by atoms with Gasteiger partial charge in [-0.3, -0.25) is 0 Å². The summed E-state index contributed by atoms with van der Waals surface area (Å²) in [4.78, 5) is 11.6. The van der Waals surface area contributed by atoms with E-state index in [0.29, 0.717) is 17.3 Å². The molecule has 4 nitrogen and oxygen atoms in total. The maximum atomic E-state index is 11.6. The first-order valence-electron chi connectivity index (χ1n) is 7.23. The lowest BCUT2D eigenvalue weighted by Crippen LogP contribution is -2.24. The summed E-state index contributed by atoms with van der Waals surface area (Å²) in [6, 6.07) is 13.1. The molecule has 2 aromatic rings. The van der Waals surface area contributed by atoms with E-state index in [0.717, 1.165) is 16.7 Å². The van der Waals surface area contributed by atoms with E-state index in [1.54, 1.807) is 12.1 Å². The maximum Gasteiger partial charge on any atom is 0.407 e. The van der Waals surface area contributed by atoms with Crippen molar-refractivity contribution in [2.24, 2.45) is 0 Å². The molecular weight excluding hydrogens is 312 g/mol. The van der Waals surface area contributed by atoms with Crippen molar-refractivity contribution in [1.29, 1.82) is 0 Å². The number of hydrogen-bond acceptors (Lipinski definition) is 3. The highest BCUT2D eigenvalue weighted by atomic mass is 35.5. The van der Waals surface area contributed by atoms with Crippen LogP contribution in [0, 0.1) is 6.92 Å². The second-order valence-electron chi connectivity index (χ2n) is 5.08. The van der Waals surface area contributed by atoms with Gasteiger partial charge in [-0.2, -0.15) is 0 Å². The predicted octanol–water partition coefficient (Wildman–Crippen LogP) is 4.17. The average molecular weight is 331 g/mol. The van der Waals surface area contributed by atoms with Crippen LogP contribution in [0.15, 0.2) is 48.5 Å². The molecule has 0 fully saturated rings. The summed E-state index contributed by atoms with van der Waals surface area (Å²) in [7, 11) is 0. The van der Waals surface area contributed by atoms with Crippen molar-refractivity contribution in [1.82, 2.24) is 5.32 Å². The molecule has 0 saturated heterocycles. The molecule has 0 atom stereocenters. The van der Waals surface area contributed by atoms with Gasteiger partial charge in [0.25, 0.3) is 0 Å². The topological polar surface area (TPSA) is 64.3 Å². The van der Waals surface area contributed by atoms with E-state index in [9.17, 15) is 4.79 Å². The Bertz CT molecular complexity index is 700. The Morgan fingerprint density at radius 2 is 2.04 bits per heavy atom. The molecule has 0 aromatic heterocycles. The fourth-order valence-corrected chi connectivity index (χ4v) is 2.18. The lowest BCUT2D eigenvalue weighted by molar-refractivity contribution is 0.141. The normalized spacial score (nSPS) is 10.7. The monoisotopic (exact) mass is 330 g/mol. The number of nitrogens with one attached hydrogen (secondary N) is 1. The highest BCUT2D eigenvalue weighted by molar-refractivity contribution is 6.32.